The zero-order valence-electron chi connectivity index (χ0n) is 19.7. The van der Waals surface area contributed by atoms with E-state index in [1.54, 1.807) is 19.1 Å². The Morgan fingerprint density at radius 2 is 1.51 bits per heavy atom. The number of carbonyl (C=O) groups excluding carboxylic acids is 2. The van der Waals surface area contributed by atoms with Gasteiger partial charge in [0.05, 0.1) is 6.42 Å². The second-order valence-electron chi connectivity index (χ2n) is 8.66. The van der Waals surface area contributed by atoms with Crippen molar-refractivity contribution in [1.29, 1.82) is 0 Å². The van der Waals surface area contributed by atoms with Gasteiger partial charge in [-0.1, -0.05) is 66.2 Å². The Morgan fingerprint density at radius 3 is 2.09 bits per heavy atom. The third-order valence-electron chi connectivity index (χ3n) is 6.21. The number of amides is 2. The number of hydrogen-bond acceptors (Lipinski definition) is 4. The normalized spacial score (nSPS) is 12.9. The highest BCUT2D eigenvalue weighted by atomic mass is 16.5. The van der Waals surface area contributed by atoms with Gasteiger partial charge in [-0.3, -0.25) is 9.59 Å². The highest BCUT2D eigenvalue weighted by Gasteiger charge is 2.30. The summed E-state index contributed by atoms with van der Waals surface area (Å²) in [5, 5.41) is 11.7. The number of nitrogens with zero attached hydrogens (tertiary/aromatic N) is 1. The quantitative estimate of drug-likeness (QED) is 0.494. The number of fused-ring (bicyclic) bond motifs is 3. The zero-order chi connectivity index (χ0) is 24.9. The van der Waals surface area contributed by atoms with Crippen LogP contribution >= 0.6 is 0 Å². The number of benzene rings is 3. The lowest BCUT2D eigenvalue weighted by molar-refractivity contribution is -0.136. The summed E-state index contributed by atoms with van der Waals surface area (Å²) >= 11 is 0. The SMILES string of the molecule is Cc1ccc(N(CCC(=O)O)C(=O)C(C)NC(=O)OCC2c3ccccc3-c3ccccc32)cc1. The molecule has 0 radical (unpaired) electrons. The Labute approximate surface area is 204 Å². The van der Waals surface area contributed by atoms with Gasteiger partial charge < -0.3 is 20.1 Å². The topological polar surface area (TPSA) is 95.9 Å². The number of nitrogens with one attached hydrogen (secondary N) is 1. The number of carboxylic acids is 1. The molecule has 0 aromatic heterocycles. The smallest absolute Gasteiger partial charge is 0.407 e. The van der Waals surface area contributed by atoms with Gasteiger partial charge in [0.2, 0.25) is 5.91 Å². The Bertz CT molecular complexity index is 1190. The molecule has 0 bridgehead atoms. The van der Waals surface area contributed by atoms with Crippen LogP contribution < -0.4 is 10.2 Å². The summed E-state index contributed by atoms with van der Waals surface area (Å²) in [6.45, 7) is 3.62. The molecule has 35 heavy (non-hydrogen) atoms. The summed E-state index contributed by atoms with van der Waals surface area (Å²) in [6.07, 6.45) is -0.910. The molecule has 4 rings (SSSR count). The van der Waals surface area contributed by atoms with Gasteiger partial charge in [0.15, 0.2) is 0 Å². The summed E-state index contributed by atoms with van der Waals surface area (Å²) in [7, 11) is 0. The maximum absolute atomic E-state index is 13.1. The fraction of sp³-hybridized carbons (Fsp3) is 0.250. The summed E-state index contributed by atoms with van der Waals surface area (Å²) in [4.78, 5) is 38.2. The molecule has 0 saturated heterocycles. The van der Waals surface area contributed by atoms with E-state index in [0.29, 0.717) is 5.69 Å². The van der Waals surface area contributed by atoms with E-state index in [1.165, 1.54) is 4.90 Å². The molecule has 7 nitrogen and oxygen atoms in total. The molecular formula is C28H28N2O5. The second-order valence-corrected chi connectivity index (χ2v) is 8.66. The molecule has 1 atom stereocenters. The first-order valence-electron chi connectivity index (χ1n) is 11.6. The van der Waals surface area contributed by atoms with E-state index in [1.807, 2.05) is 55.5 Å². The molecule has 2 amide bonds. The Hall–Kier alpha value is -4.13. The average molecular weight is 473 g/mol. The summed E-state index contributed by atoms with van der Waals surface area (Å²) in [6, 6.07) is 22.4. The fourth-order valence-corrected chi connectivity index (χ4v) is 4.41. The number of alkyl carbamates (subject to hydrolysis) is 1. The van der Waals surface area contributed by atoms with E-state index in [-0.39, 0.29) is 25.5 Å². The zero-order valence-corrected chi connectivity index (χ0v) is 19.7. The van der Waals surface area contributed by atoms with Crippen molar-refractivity contribution in [3.8, 4) is 11.1 Å². The number of aliphatic carboxylic acids is 1. The minimum absolute atomic E-state index is 0.00601. The molecule has 3 aromatic carbocycles. The highest BCUT2D eigenvalue weighted by molar-refractivity contribution is 5.98. The summed E-state index contributed by atoms with van der Waals surface area (Å²) in [5.41, 5.74) is 6.06. The molecule has 0 spiro atoms. The van der Waals surface area contributed by atoms with Gasteiger partial charge in [-0.25, -0.2) is 4.79 Å². The van der Waals surface area contributed by atoms with Crippen molar-refractivity contribution in [3.63, 3.8) is 0 Å². The highest BCUT2D eigenvalue weighted by Crippen LogP contribution is 2.44. The van der Waals surface area contributed by atoms with Crippen molar-refractivity contribution in [1.82, 2.24) is 5.32 Å². The van der Waals surface area contributed by atoms with Crippen molar-refractivity contribution < 1.29 is 24.2 Å². The van der Waals surface area contributed by atoms with Crippen LogP contribution in [-0.4, -0.2) is 42.3 Å². The first-order chi connectivity index (χ1) is 16.8. The van der Waals surface area contributed by atoms with Crippen molar-refractivity contribution in [3.05, 3.63) is 89.5 Å². The van der Waals surface area contributed by atoms with Crippen LogP contribution in [0.15, 0.2) is 72.8 Å². The van der Waals surface area contributed by atoms with Crippen LogP contribution in [-0.2, 0) is 14.3 Å². The summed E-state index contributed by atoms with van der Waals surface area (Å²) in [5.74, 6) is -1.51. The van der Waals surface area contributed by atoms with Gasteiger partial charge in [-0.15, -0.1) is 0 Å². The van der Waals surface area contributed by atoms with E-state index in [2.05, 4.69) is 17.4 Å². The molecule has 1 aliphatic carbocycles. The third-order valence-corrected chi connectivity index (χ3v) is 6.21. The lowest BCUT2D eigenvalue weighted by atomic mass is 9.98. The van der Waals surface area contributed by atoms with Gasteiger partial charge in [0.1, 0.15) is 12.6 Å². The number of rotatable bonds is 8. The Balaban J connectivity index is 1.41. The molecule has 0 saturated carbocycles. The number of anilines is 1. The van der Waals surface area contributed by atoms with E-state index in [4.69, 9.17) is 9.84 Å². The van der Waals surface area contributed by atoms with Gasteiger partial charge in [-0.05, 0) is 48.2 Å². The van der Waals surface area contributed by atoms with Crippen molar-refractivity contribution in [2.24, 2.45) is 0 Å². The van der Waals surface area contributed by atoms with Gasteiger partial charge in [0, 0.05) is 18.2 Å². The monoisotopic (exact) mass is 472 g/mol. The molecule has 2 N–H and O–H groups in total. The predicted octanol–water partition coefficient (Wildman–Crippen LogP) is 4.73. The van der Waals surface area contributed by atoms with Crippen LogP contribution in [0.1, 0.15) is 36.0 Å². The van der Waals surface area contributed by atoms with Crippen LogP contribution in [0.25, 0.3) is 11.1 Å². The van der Waals surface area contributed by atoms with Gasteiger partial charge in [0.25, 0.3) is 0 Å². The Morgan fingerprint density at radius 1 is 0.943 bits per heavy atom. The van der Waals surface area contributed by atoms with Crippen LogP contribution in [0.4, 0.5) is 10.5 Å². The van der Waals surface area contributed by atoms with Gasteiger partial charge in [-0.2, -0.15) is 0 Å². The first-order valence-corrected chi connectivity index (χ1v) is 11.6. The van der Waals surface area contributed by atoms with E-state index < -0.39 is 24.0 Å². The maximum atomic E-state index is 13.1. The largest absolute Gasteiger partial charge is 0.481 e. The number of carbonyl (C=O) groups is 3. The number of ether oxygens (including phenoxy) is 1. The van der Waals surface area contributed by atoms with Gasteiger partial charge >= 0.3 is 12.1 Å². The standard InChI is InChI=1S/C28H28N2O5/c1-18-11-13-20(14-12-18)30(16-15-26(31)32)27(33)19(2)29-28(34)35-17-25-23-9-5-3-7-21(23)22-8-4-6-10-24(22)25/h3-14,19,25H,15-17H2,1-2H3,(H,29,34)(H,31,32). The number of aryl methyl sites for hydroxylation is 1. The third kappa shape index (κ3) is 5.35. The maximum Gasteiger partial charge on any atom is 0.407 e. The molecule has 0 heterocycles. The Kier molecular flexibility index (Phi) is 7.15. The van der Waals surface area contributed by atoms with Crippen LogP contribution in [0.5, 0.6) is 0 Å². The average Bonchev–Trinajstić information content (AvgIpc) is 3.17. The first kappa shape index (κ1) is 24.0. The lowest BCUT2D eigenvalue weighted by Crippen LogP contribution is -2.48. The van der Waals surface area contributed by atoms with E-state index in [9.17, 15) is 14.4 Å². The number of hydrogen-bond donors (Lipinski definition) is 2. The lowest BCUT2D eigenvalue weighted by Gasteiger charge is -2.26. The molecule has 180 valence electrons. The van der Waals surface area contributed by atoms with Crippen LogP contribution in [0, 0.1) is 6.92 Å². The van der Waals surface area contributed by atoms with E-state index >= 15 is 0 Å². The van der Waals surface area contributed by atoms with Crippen molar-refractivity contribution >= 4 is 23.7 Å². The minimum atomic E-state index is -1.01. The van der Waals surface area contributed by atoms with Crippen molar-refractivity contribution in [2.45, 2.75) is 32.2 Å². The molecule has 3 aromatic rings. The number of carboxylic acid groups (broad SMARTS) is 1. The molecule has 0 fully saturated rings. The molecule has 7 heteroatoms. The fourth-order valence-electron chi connectivity index (χ4n) is 4.41. The molecular weight excluding hydrogens is 444 g/mol. The predicted molar refractivity (Wildman–Crippen MR) is 133 cm³/mol. The van der Waals surface area contributed by atoms with Crippen molar-refractivity contribution in [2.75, 3.05) is 18.1 Å². The van der Waals surface area contributed by atoms with Crippen LogP contribution in [0.3, 0.4) is 0 Å². The second kappa shape index (κ2) is 10.4. The molecule has 0 aliphatic heterocycles. The molecule has 1 aliphatic rings. The molecule has 1 unspecified atom stereocenters. The minimum Gasteiger partial charge on any atom is -0.481 e. The summed E-state index contributed by atoms with van der Waals surface area (Å²) < 4.78 is 5.54. The van der Waals surface area contributed by atoms with E-state index in [0.717, 1.165) is 27.8 Å². The van der Waals surface area contributed by atoms with Crippen LogP contribution in [0.2, 0.25) is 0 Å².